The summed E-state index contributed by atoms with van der Waals surface area (Å²) >= 11 is 0. The molecule has 2 atom stereocenters. The van der Waals surface area contributed by atoms with Gasteiger partial charge in [-0.15, -0.1) is 6.42 Å². The number of nitrogens with one attached hydrogen (secondary N) is 1. The summed E-state index contributed by atoms with van der Waals surface area (Å²) in [5.74, 6) is 2.17. The van der Waals surface area contributed by atoms with Crippen molar-refractivity contribution in [3.63, 3.8) is 0 Å². The van der Waals surface area contributed by atoms with Gasteiger partial charge >= 0.3 is 0 Å². The molecule has 0 radical (unpaired) electrons. The van der Waals surface area contributed by atoms with Crippen LogP contribution in [0.2, 0.25) is 0 Å². The Morgan fingerprint density at radius 2 is 2.00 bits per heavy atom. The van der Waals surface area contributed by atoms with E-state index in [2.05, 4.69) is 11.2 Å². The minimum Gasteiger partial charge on any atom is -0.342 e. The van der Waals surface area contributed by atoms with E-state index in [0.717, 1.165) is 5.56 Å². The number of hydrogen-bond donors (Lipinski definition) is 1. The van der Waals surface area contributed by atoms with Gasteiger partial charge in [0.05, 0.1) is 6.54 Å². The molecule has 2 amide bonds. The number of nitrogens with zero attached hydrogens (tertiary/aromatic N) is 1. The Morgan fingerprint density at radius 1 is 1.32 bits per heavy atom. The molecule has 2 unspecified atom stereocenters. The predicted octanol–water partition coefficient (Wildman–Crippen LogP) is 1.10. The van der Waals surface area contributed by atoms with Gasteiger partial charge in [0.2, 0.25) is 11.8 Å². The molecule has 0 aromatic heterocycles. The lowest BCUT2D eigenvalue weighted by Gasteiger charge is -2.37. The molecule has 1 aromatic carbocycles. The molecule has 0 aliphatic carbocycles. The average molecular weight is 256 g/mol. The highest BCUT2D eigenvalue weighted by molar-refractivity contribution is 5.97. The highest BCUT2D eigenvalue weighted by atomic mass is 16.2. The summed E-state index contributed by atoms with van der Waals surface area (Å²) in [7, 11) is 0. The van der Waals surface area contributed by atoms with Gasteiger partial charge < -0.3 is 10.2 Å². The number of carbonyl (C=O) groups is 2. The molecule has 1 aliphatic heterocycles. The molecule has 4 heteroatoms. The second-order valence-corrected chi connectivity index (χ2v) is 4.45. The zero-order chi connectivity index (χ0) is 13.8. The normalized spacial score (nSPS) is 22.8. The molecular formula is C15H16N2O2. The molecule has 1 aromatic rings. The molecule has 1 N–H and O–H groups in total. The third-order valence-corrected chi connectivity index (χ3v) is 3.24. The van der Waals surface area contributed by atoms with Gasteiger partial charge in [0.15, 0.2) is 0 Å². The van der Waals surface area contributed by atoms with E-state index in [4.69, 9.17) is 6.42 Å². The summed E-state index contributed by atoms with van der Waals surface area (Å²) < 4.78 is 0. The van der Waals surface area contributed by atoms with Crippen LogP contribution in [0.3, 0.4) is 0 Å². The highest BCUT2D eigenvalue weighted by Crippen LogP contribution is 2.25. The van der Waals surface area contributed by atoms with Gasteiger partial charge in [0.1, 0.15) is 12.1 Å². The van der Waals surface area contributed by atoms with E-state index < -0.39 is 12.1 Å². The summed E-state index contributed by atoms with van der Waals surface area (Å²) in [6.07, 6.45) is 5.88. The lowest BCUT2D eigenvalue weighted by Crippen LogP contribution is -2.59. The van der Waals surface area contributed by atoms with Crippen molar-refractivity contribution in [2.45, 2.75) is 25.4 Å². The first-order chi connectivity index (χ1) is 9.19. The van der Waals surface area contributed by atoms with Crippen molar-refractivity contribution in [3.8, 4) is 12.3 Å². The van der Waals surface area contributed by atoms with Crippen molar-refractivity contribution in [1.82, 2.24) is 10.2 Å². The summed E-state index contributed by atoms with van der Waals surface area (Å²) in [5, 5.41) is 2.75. The second-order valence-electron chi connectivity index (χ2n) is 4.45. The lowest BCUT2D eigenvalue weighted by atomic mass is 9.99. The fourth-order valence-corrected chi connectivity index (χ4v) is 2.29. The molecule has 19 heavy (non-hydrogen) atoms. The average Bonchev–Trinajstić information content (AvgIpc) is 2.44. The van der Waals surface area contributed by atoms with E-state index in [1.165, 1.54) is 4.90 Å². The van der Waals surface area contributed by atoms with E-state index in [1.807, 2.05) is 37.3 Å². The van der Waals surface area contributed by atoms with Crippen LogP contribution in [-0.2, 0) is 9.59 Å². The van der Waals surface area contributed by atoms with E-state index in [0.29, 0.717) is 6.42 Å². The molecule has 98 valence electrons. The van der Waals surface area contributed by atoms with Crippen LogP contribution < -0.4 is 5.32 Å². The fraction of sp³-hybridized carbons (Fsp3) is 0.333. The van der Waals surface area contributed by atoms with Crippen molar-refractivity contribution < 1.29 is 9.59 Å². The zero-order valence-electron chi connectivity index (χ0n) is 10.8. The first-order valence-corrected chi connectivity index (χ1v) is 6.28. The molecule has 1 aliphatic rings. The lowest BCUT2D eigenvalue weighted by molar-refractivity contribution is -0.149. The Bertz CT molecular complexity index is 519. The zero-order valence-corrected chi connectivity index (χ0v) is 10.8. The third-order valence-electron chi connectivity index (χ3n) is 3.24. The van der Waals surface area contributed by atoms with E-state index in [1.54, 1.807) is 0 Å². The van der Waals surface area contributed by atoms with Gasteiger partial charge in [-0.1, -0.05) is 43.2 Å². The van der Waals surface area contributed by atoms with Gasteiger partial charge in [-0.25, -0.2) is 0 Å². The quantitative estimate of drug-likeness (QED) is 0.823. The van der Waals surface area contributed by atoms with Crippen LogP contribution in [0.1, 0.15) is 24.9 Å². The van der Waals surface area contributed by atoms with E-state index >= 15 is 0 Å². The maximum atomic E-state index is 12.3. The van der Waals surface area contributed by atoms with Gasteiger partial charge in [0.25, 0.3) is 0 Å². The van der Waals surface area contributed by atoms with Crippen molar-refractivity contribution in [1.29, 1.82) is 0 Å². The second kappa shape index (κ2) is 5.57. The van der Waals surface area contributed by atoms with Gasteiger partial charge in [-0.05, 0) is 12.0 Å². The SMILES string of the molecule is C#CCN1C(=O)C(CC)NC(=O)C1c1ccccc1. The Labute approximate surface area is 112 Å². The third kappa shape index (κ3) is 2.45. The minimum absolute atomic E-state index is 0.117. The van der Waals surface area contributed by atoms with Crippen LogP contribution >= 0.6 is 0 Å². The van der Waals surface area contributed by atoms with Crippen molar-refractivity contribution in [2.24, 2.45) is 0 Å². The Morgan fingerprint density at radius 3 is 2.58 bits per heavy atom. The number of benzene rings is 1. The van der Waals surface area contributed by atoms with Crippen molar-refractivity contribution in [2.75, 3.05) is 6.54 Å². The molecule has 4 nitrogen and oxygen atoms in total. The molecule has 2 rings (SSSR count). The smallest absolute Gasteiger partial charge is 0.248 e. The summed E-state index contributed by atoms with van der Waals surface area (Å²) in [6.45, 7) is 2.00. The van der Waals surface area contributed by atoms with Crippen molar-refractivity contribution in [3.05, 3.63) is 35.9 Å². The molecule has 1 fully saturated rings. The molecule has 0 saturated carbocycles. The first-order valence-electron chi connectivity index (χ1n) is 6.28. The first kappa shape index (κ1) is 13.2. The molecule has 1 heterocycles. The Balaban J connectivity index is 2.37. The topological polar surface area (TPSA) is 49.4 Å². The molecule has 1 saturated heterocycles. The maximum absolute atomic E-state index is 12.3. The van der Waals surface area contributed by atoms with E-state index in [9.17, 15) is 9.59 Å². The van der Waals surface area contributed by atoms with Crippen LogP contribution in [0.4, 0.5) is 0 Å². The summed E-state index contributed by atoms with van der Waals surface area (Å²) in [4.78, 5) is 26.0. The fourth-order valence-electron chi connectivity index (χ4n) is 2.29. The van der Waals surface area contributed by atoms with Crippen LogP contribution in [0.25, 0.3) is 0 Å². The number of piperazine rings is 1. The van der Waals surface area contributed by atoms with Crippen molar-refractivity contribution >= 4 is 11.8 Å². The summed E-state index contributed by atoms with van der Waals surface area (Å²) in [6, 6.07) is 8.10. The number of terminal acetylenes is 1. The van der Waals surface area contributed by atoms with Gasteiger partial charge in [-0.3, -0.25) is 9.59 Å². The molecular weight excluding hydrogens is 240 g/mol. The van der Waals surface area contributed by atoms with Gasteiger partial charge in [0, 0.05) is 0 Å². The number of hydrogen-bond acceptors (Lipinski definition) is 2. The summed E-state index contributed by atoms with van der Waals surface area (Å²) in [5.41, 5.74) is 0.776. The molecule has 0 bridgehead atoms. The number of amides is 2. The Kier molecular flexibility index (Phi) is 3.86. The Hall–Kier alpha value is -2.28. The standard InChI is InChI=1S/C15H16N2O2/c1-3-10-17-13(11-8-6-5-7-9-11)14(18)16-12(4-2)15(17)19/h1,5-9,12-13H,4,10H2,2H3,(H,16,18). The predicted molar refractivity (Wildman–Crippen MR) is 72.0 cm³/mol. The van der Waals surface area contributed by atoms with Gasteiger partial charge in [-0.2, -0.15) is 0 Å². The highest BCUT2D eigenvalue weighted by Gasteiger charge is 2.39. The van der Waals surface area contributed by atoms with Crippen LogP contribution in [-0.4, -0.2) is 29.3 Å². The minimum atomic E-state index is -0.632. The monoisotopic (exact) mass is 256 g/mol. The van der Waals surface area contributed by atoms with Crippen LogP contribution in [0.5, 0.6) is 0 Å². The number of carbonyl (C=O) groups excluding carboxylic acids is 2. The maximum Gasteiger partial charge on any atom is 0.248 e. The largest absolute Gasteiger partial charge is 0.342 e. The molecule has 0 spiro atoms. The van der Waals surface area contributed by atoms with Crippen LogP contribution in [0, 0.1) is 12.3 Å². The van der Waals surface area contributed by atoms with E-state index in [-0.39, 0.29) is 18.4 Å². The van der Waals surface area contributed by atoms with Crippen LogP contribution in [0.15, 0.2) is 30.3 Å². The number of rotatable bonds is 3.